The fraction of sp³-hybridized carbons (Fsp3) is 0.611. The second-order valence-electron chi connectivity index (χ2n) is 6.93. The zero-order chi connectivity index (χ0) is 18.9. The highest BCUT2D eigenvalue weighted by Gasteiger charge is 2.49. The van der Waals surface area contributed by atoms with E-state index >= 15 is 0 Å². The van der Waals surface area contributed by atoms with E-state index in [1.54, 1.807) is 0 Å². The molecule has 2 aliphatic rings. The number of esters is 1. The van der Waals surface area contributed by atoms with Crippen LogP contribution in [0.25, 0.3) is 0 Å². The van der Waals surface area contributed by atoms with E-state index in [2.05, 4.69) is 0 Å². The molecule has 1 saturated carbocycles. The number of aliphatic hydroxyl groups excluding tert-OH is 2. The summed E-state index contributed by atoms with van der Waals surface area (Å²) in [6.07, 6.45) is -4.65. The molecule has 1 aromatic rings. The largest absolute Gasteiger partial charge is 0.491 e. The molecule has 0 amide bonds. The number of alkyl halides is 3. The van der Waals surface area contributed by atoms with Gasteiger partial charge in [0.1, 0.15) is 18.5 Å². The third-order valence-electron chi connectivity index (χ3n) is 5.12. The maximum absolute atomic E-state index is 12.7. The van der Waals surface area contributed by atoms with Crippen LogP contribution in [-0.4, -0.2) is 41.1 Å². The van der Waals surface area contributed by atoms with Crippen LogP contribution in [0.4, 0.5) is 13.2 Å². The first-order valence-electron chi connectivity index (χ1n) is 8.59. The van der Waals surface area contributed by atoms with Crippen molar-refractivity contribution in [2.75, 3.05) is 6.61 Å². The van der Waals surface area contributed by atoms with Gasteiger partial charge in [-0.3, -0.25) is 4.79 Å². The highest BCUT2D eigenvalue weighted by molar-refractivity contribution is 5.72. The van der Waals surface area contributed by atoms with Gasteiger partial charge in [0.25, 0.3) is 0 Å². The van der Waals surface area contributed by atoms with Crippen molar-refractivity contribution in [3.8, 4) is 5.75 Å². The molecule has 0 bridgehead atoms. The zero-order valence-electron chi connectivity index (χ0n) is 14.0. The minimum atomic E-state index is -4.45. The molecule has 2 fully saturated rings. The van der Waals surface area contributed by atoms with Crippen LogP contribution in [0.5, 0.6) is 5.75 Å². The van der Waals surface area contributed by atoms with Crippen LogP contribution < -0.4 is 4.74 Å². The summed E-state index contributed by atoms with van der Waals surface area (Å²) >= 11 is 0. The maximum atomic E-state index is 12.7. The predicted molar refractivity (Wildman–Crippen MR) is 84.3 cm³/mol. The Labute approximate surface area is 148 Å². The topological polar surface area (TPSA) is 76.0 Å². The smallest absolute Gasteiger partial charge is 0.416 e. The van der Waals surface area contributed by atoms with Crippen molar-refractivity contribution in [3.63, 3.8) is 0 Å². The third-order valence-corrected chi connectivity index (χ3v) is 5.12. The van der Waals surface area contributed by atoms with Gasteiger partial charge in [-0.15, -0.1) is 0 Å². The Morgan fingerprint density at radius 3 is 2.85 bits per heavy atom. The van der Waals surface area contributed by atoms with Gasteiger partial charge in [-0.1, -0.05) is 6.07 Å². The molecule has 2 N–H and O–H groups in total. The van der Waals surface area contributed by atoms with Crippen molar-refractivity contribution < 1.29 is 37.7 Å². The summed E-state index contributed by atoms with van der Waals surface area (Å²) in [5, 5.41) is 20.1. The lowest BCUT2D eigenvalue weighted by atomic mass is 9.87. The molecule has 1 heterocycles. The molecule has 1 aliphatic carbocycles. The minimum absolute atomic E-state index is 0.0333. The van der Waals surface area contributed by atoms with E-state index in [0.717, 1.165) is 12.1 Å². The Kier molecular flexibility index (Phi) is 5.43. The number of hydrogen-bond donors (Lipinski definition) is 2. The lowest BCUT2D eigenvalue weighted by Crippen LogP contribution is -2.24. The average Bonchev–Trinajstić information content (AvgIpc) is 3.05. The molecule has 3 rings (SSSR count). The van der Waals surface area contributed by atoms with Gasteiger partial charge in [0, 0.05) is 12.3 Å². The Balaban J connectivity index is 1.47. The molecule has 0 unspecified atom stereocenters. The van der Waals surface area contributed by atoms with Crippen molar-refractivity contribution in [1.29, 1.82) is 0 Å². The molecule has 26 heavy (non-hydrogen) atoms. The number of fused-ring (bicyclic) bond motifs is 1. The fourth-order valence-corrected chi connectivity index (χ4v) is 3.81. The number of carbonyl (C=O) groups is 1. The molecule has 1 aromatic carbocycles. The number of carbonyl (C=O) groups excluding carboxylic acids is 1. The predicted octanol–water partition coefficient (Wildman–Crippen LogP) is 2.54. The first-order valence-corrected chi connectivity index (χ1v) is 8.59. The van der Waals surface area contributed by atoms with Crippen molar-refractivity contribution in [1.82, 2.24) is 0 Å². The number of aliphatic hydroxyl groups is 2. The summed E-state index contributed by atoms with van der Waals surface area (Å²) in [6.45, 7) is -0.145. The molecule has 8 heteroatoms. The summed E-state index contributed by atoms with van der Waals surface area (Å²) in [4.78, 5) is 11.4. The van der Waals surface area contributed by atoms with Gasteiger partial charge in [0.15, 0.2) is 0 Å². The lowest BCUT2D eigenvalue weighted by Gasteiger charge is -2.21. The number of benzene rings is 1. The standard InChI is InChI=1S/C18H21F3O5/c19-18(20,21)10-2-1-3-12(6-10)25-9-11(22)4-5-13-14-7-17(24)26-16(14)8-15(13)23/h1-3,6,11,13-16,22-23H,4-5,7-9H2/t11-,13+,14-,15-,16+/m1/s1. The molecule has 0 spiro atoms. The van der Waals surface area contributed by atoms with Crippen LogP contribution in [0.3, 0.4) is 0 Å². The number of hydrogen-bond acceptors (Lipinski definition) is 5. The highest BCUT2D eigenvalue weighted by atomic mass is 19.4. The number of ether oxygens (including phenoxy) is 2. The van der Waals surface area contributed by atoms with Gasteiger partial charge in [-0.05, 0) is 37.0 Å². The third kappa shape index (κ3) is 4.29. The van der Waals surface area contributed by atoms with E-state index in [-0.39, 0.29) is 42.7 Å². The summed E-state index contributed by atoms with van der Waals surface area (Å²) < 4.78 is 48.4. The Morgan fingerprint density at radius 2 is 2.12 bits per heavy atom. The van der Waals surface area contributed by atoms with Crippen LogP contribution in [0.1, 0.15) is 31.2 Å². The maximum Gasteiger partial charge on any atom is 0.416 e. The van der Waals surface area contributed by atoms with Gasteiger partial charge < -0.3 is 19.7 Å². The summed E-state index contributed by atoms with van der Waals surface area (Å²) in [7, 11) is 0. The van der Waals surface area contributed by atoms with Crippen molar-refractivity contribution in [2.24, 2.45) is 11.8 Å². The van der Waals surface area contributed by atoms with Gasteiger partial charge in [0.2, 0.25) is 0 Å². The molecule has 5 atom stereocenters. The minimum Gasteiger partial charge on any atom is -0.491 e. The van der Waals surface area contributed by atoms with E-state index in [9.17, 15) is 28.2 Å². The fourth-order valence-electron chi connectivity index (χ4n) is 3.81. The van der Waals surface area contributed by atoms with E-state index in [1.165, 1.54) is 12.1 Å². The Hall–Kier alpha value is -1.80. The van der Waals surface area contributed by atoms with E-state index < -0.39 is 23.9 Å². The molecule has 0 radical (unpaired) electrons. The quantitative estimate of drug-likeness (QED) is 0.749. The van der Waals surface area contributed by atoms with Gasteiger partial charge >= 0.3 is 12.1 Å². The molecular weight excluding hydrogens is 353 g/mol. The summed E-state index contributed by atoms with van der Waals surface area (Å²) in [5.41, 5.74) is -0.810. The molecule has 5 nitrogen and oxygen atoms in total. The van der Waals surface area contributed by atoms with Crippen LogP contribution in [-0.2, 0) is 15.7 Å². The Morgan fingerprint density at radius 1 is 1.35 bits per heavy atom. The van der Waals surface area contributed by atoms with E-state index in [4.69, 9.17) is 9.47 Å². The van der Waals surface area contributed by atoms with Crippen LogP contribution in [0, 0.1) is 11.8 Å². The normalized spacial score (nSPS) is 29.3. The molecule has 0 aromatic heterocycles. The summed E-state index contributed by atoms with van der Waals surface area (Å²) in [6, 6.07) is 4.48. The SMILES string of the molecule is O=C1C[C@@H]2[C@H](CC[C@@H](O)COc3cccc(C(F)(F)F)c3)[C@H](O)C[C@@H]2O1. The molecule has 1 aliphatic heterocycles. The first kappa shape index (κ1) is 19.0. The Bertz CT molecular complexity index is 648. The van der Waals surface area contributed by atoms with Crippen LogP contribution in [0.15, 0.2) is 24.3 Å². The average molecular weight is 374 g/mol. The van der Waals surface area contributed by atoms with E-state index in [0.29, 0.717) is 19.3 Å². The second-order valence-corrected chi connectivity index (χ2v) is 6.93. The molecule has 144 valence electrons. The first-order chi connectivity index (χ1) is 12.2. The highest BCUT2D eigenvalue weighted by Crippen LogP contribution is 2.43. The number of halogens is 3. The van der Waals surface area contributed by atoms with Crippen LogP contribution >= 0.6 is 0 Å². The number of rotatable bonds is 6. The van der Waals surface area contributed by atoms with Gasteiger partial charge in [-0.2, -0.15) is 13.2 Å². The van der Waals surface area contributed by atoms with Gasteiger partial charge in [-0.25, -0.2) is 0 Å². The summed E-state index contributed by atoms with van der Waals surface area (Å²) in [5.74, 6) is -0.385. The molecular formula is C18H21F3O5. The second kappa shape index (κ2) is 7.44. The lowest BCUT2D eigenvalue weighted by molar-refractivity contribution is -0.142. The van der Waals surface area contributed by atoms with E-state index in [1.807, 2.05) is 0 Å². The monoisotopic (exact) mass is 374 g/mol. The molecule has 1 saturated heterocycles. The van der Waals surface area contributed by atoms with Crippen molar-refractivity contribution >= 4 is 5.97 Å². The van der Waals surface area contributed by atoms with Crippen molar-refractivity contribution in [2.45, 2.75) is 50.2 Å². The van der Waals surface area contributed by atoms with Crippen molar-refractivity contribution in [3.05, 3.63) is 29.8 Å². The van der Waals surface area contributed by atoms with Crippen LogP contribution in [0.2, 0.25) is 0 Å². The van der Waals surface area contributed by atoms with Gasteiger partial charge in [0.05, 0.1) is 24.2 Å². The zero-order valence-corrected chi connectivity index (χ0v) is 14.0.